The van der Waals surface area contributed by atoms with Crippen LogP contribution in [0.25, 0.3) is 11.1 Å². The normalized spacial score (nSPS) is 11.0. The number of para-hydroxylation sites is 2. The highest BCUT2D eigenvalue weighted by molar-refractivity contribution is 6.31. The van der Waals surface area contributed by atoms with Crippen LogP contribution in [-0.4, -0.2) is 10.5 Å². The van der Waals surface area contributed by atoms with Gasteiger partial charge in [-0.3, -0.25) is 9.36 Å². The van der Waals surface area contributed by atoms with Crippen molar-refractivity contribution in [2.75, 3.05) is 0 Å². The number of rotatable bonds is 6. The van der Waals surface area contributed by atoms with Crippen molar-refractivity contribution in [2.24, 2.45) is 0 Å². The van der Waals surface area contributed by atoms with Gasteiger partial charge in [-0.15, -0.1) is 0 Å². The van der Waals surface area contributed by atoms with Crippen LogP contribution in [0.1, 0.15) is 18.4 Å². The number of hydrogen-bond donors (Lipinski definition) is 0. The molecule has 0 saturated carbocycles. The molecule has 2 aromatic carbocycles. The molecule has 25 heavy (non-hydrogen) atoms. The van der Waals surface area contributed by atoms with Crippen molar-refractivity contribution in [2.45, 2.75) is 26.0 Å². The molecule has 1 aromatic heterocycles. The second kappa shape index (κ2) is 7.53. The molecule has 0 aliphatic rings. The van der Waals surface area contributed by atoms with Crippen molar-refractivity contribution < 1.29 is 18.3 Å². The summed E-state index contributed by atoms with van der Waals surface area (Å²) in [5, 5.41) is 0.212. The quantitative estimate of drug-likeness (QED) is 0.623. The lowest BCUT2D eigenvalue weighted by Gasteiger charge is -2.07. The van der Waals surface area contributed by atoms with Gasteiger partial charge in [0.1, 0.15) is 12.4 Å². The topological polar surface area (TPSA) is 61.4 Å². The Bertz CT molecular complexity index is 963. The van der Waals surface area contributed by atoms with Crippen LogP contribution < -0.4 is 5.76 Å². The number of benzene rings is 2. The number of carbonyl (C=O) groups is 1. The van der Waals surface area contributed by atoms with Crippen LogP contribution in [0.15, 0.2) is 51.7 Å². The molecule has 3 aromatic rings. The summed E-state index contributed by atoms with van der Waals surface area (Å²) >= 11 is 5.88. The lowest BCUT2D eigenvalue weighted by molar-refractivity contribution is -0.145. The first kappa shape index (κ1) is 17.2. The van der Waals surface area contributed by atoms with E-state index in [9.17, 15) is 14.0 Å². The fraction of sp³-hybridized carbons (Fsp3) is 0.222. The molecule has 3 rings (SSSR count). The summed E-state index contributed by atoms with van der Waals surface area (Å²) in [6.45, 7) is 0.328. The molecular weight excluding hydrogens is 349 g/mol. The molecule has 1 heterocycles. The molecule has 5 nitrogen and oxygen atoms in total. The predicted molar refractivity (Wildman–Crippen MR) is 90.9 cm³/mol. The van der Waals surface area contributed by atoms with Crippen LogP contribution >= 0.6 is 11.6 Å². The van der Waals surface area contributed by atoms with Gasteiger partial charge in [0.05, 0.1) is 10.5 Å². The molecule has 7 heteroatoms. The minimum atomic E-state index is -0.451. The number of hydrogen-bond acceptors (Lipinski definition) is 4. The van der Waals surface area contributed by atoms with Crippen LogP contribution in [-0.2, 0) is 22.7 Å². The molecule has 0 amide bonds. The van der Waals surface area contributed by atoms with E-state index in [2.05, 4.69) is 0 Å². The van der Waals surface area contributed by atoms with Gasteiger partial charge >= 0.3 is 11.7 Å². The molecule has 0 N–H and O–H groups in total. The van der Waals surface area contributed by atoms with E-state index in [4.69, 9.17) is 20.8 Å². The van der Waals surface area contributed by atoms with E-state index in [1.165, 1.54) is 22.8 Å². The largest absolute Gasteiger partial charge is 0.461 e. The molecular formula is C18H15ClFNO4. The van der Waals surface area contributed by atoms with Crippen LogP contribution in [0.3, 0.4) is 0 Å². The van der Waals surface area contributed by atoms with Gasteiger partial charge in [-0.2, -0.15) is 0 Å². The summed E-state index contributed by atoms with van der Waals surface area (Å²) in [5.41, 5.74) is 1.74. The van der Waals surface area contributed by atoms with E-state index in [-0.39, 0.29) is 18.1 Å². The summed E-state index contributed by atoms with van der Waals surface area (Å²) < 4.78 is 24.7. The number of carbonyl (C=O) groups excluding carboxylic acids is 1. The summed E-state index contributed by atoms with van der Waals surface area (Å²) in [6, 6.07) is 11.0. The van der Waals surface area contributed by atoms with Gasteiger partial charge in [0.25, 0.3) is 0 Å². The number of ether oxygens (including phenoxy) is 1. The lowest BCUT2D eigenvalue weighted by Crippen LogP contribution is -2.15. The number of nitrogens with zero attached hydrogens (tertiary/aromatic N) is 1. The van der Waals surface area contributed by atoms with E-state index in [0.717, 1.165) is 0 Å². The molecule has 0 fully saturated rings. The van der Waals surface area contributed by atoms with Crippen LogP contribution in [0.5, 0.6) is 0 Å². The van der Waals surface area contributed by atoms with Gasteiger partial charge in [-0.05, 0) is 30.7 Å². The average Bonchev–Trinajstić information content (AvgIpc) is 2.90. The second-order valence-corrected chi connectivity index (χ2v) is 5.89. The molecule has 0 spiro atoms. The highest BCUT2D eigenvalue weighted by Crippen LogP contribution is 2.18. The Kier molecular flexibility index (Phi) is 5.19. The second-order valence-electron chi connectivity index (χ2n) is 5.49. The van der Waals surface area contributed by atoms with Crippen molar-refractivity contribution in [3.63, 3.8) is 0 Å². The molecule has 0 bridgehead atoms. The first-order valence-electron chi connectivity index (χ1n) is 7.72. The Morgan fingerprint density at radius 3 is 2.84 bits per heavy atom. The summed E-state index contributed by atoms with van der Waals surface area (Å²) in [5.74, 6) is -1.31. The molecule has 0 aliphatic carbocycles. The zero-order valence-electron chi connectivity index (χ0n) is 13.2. The Morgan fingerprint density at radius 1 is 1.24 bits per heavy atom. The number of aromatic nitrogens is 1. The van der Waals surface area contributed by atoms with Gasteiger partial charge < -0.3 is 9.15 Å². The van der Waals surface area contributed by atoms with Crippen LogP contribution in [0, 0.1) is 5.82 Å². The lowest BCUT2D eigenvalue weighted by atomic mass is 10.2. The number of esters is 1. The molecule has 0 radical (unpaired) electrons. The minimum absolute atomic E-state index is 0.0213. The third-order valence-electron chi connectivity index (χ3n) is 3.74. The Labute approximate surface area is 147 Å². The average molecular weight is 364 g/mol. The van der Waals surface area contributed by atoms with E-state index in [1.807, 2.05) is 6.07 Å². The molecule has 0 saturated heterocycles. The van der Waals surface area contributed by atoms with E-state index >= 15 is 0 Å². The van der Waals surface area contributed by atoms with Crippen LogP contribution in [0.2, 0.25) is 5.02 Å². The Hall–Kier alpha value is -2.60. The number of aryl methyl sites for hydroxylation is 1. The van der Waals surface area contributed by atoms with Gasteiger partial charge in [0.15, 0.2) is 5.58 Å². The highest BCUT2D eigenvalue weighted by Gasteiger charge is 2.10. The van der Waals surface area contributed by atoms with Crippen molar-refractivity contribution in [3.05, 3.63) is 69.4 Å². The maximum absolute atomic E-state index is 13.0. The number of fused-ring (bicyclic) bond motifs is 1. The van der Waals surface area contributed by atoms with E-state index < -0.39 is 17.5 Å². The molecule has 0 unspecified atom stereocenters. The zero-order chi connectivity index (χ0) is 17.8. The van der Waals surface area contributed by atoms with Crippen molar-refractivity contribution >= 4 is 28.7 Å². The summed E-state index contributed by atoms with van der Waals surface area (Å²) in [4.78, 5) is 23.6. The monoisotopic (exact) mass is 363 g/mol. The Morgan fingerprint density at radius 2 is 2.04 bits per heavy atom. The van der Waals surface area contributed by atoms with Gasteiger partial charge in [0.2, 0.25) is 0 Å². The van der Waals surface area contributed by atoms with Crippen molar-refractivity contribution in [3.8, 4) is 0 Å². The van der Waals surface area contributed by atoms with Gasteiger partial charge in [-0.1, -0.05) is 29.8 Å². The highest BCUT2D eigenvalue weighted by atomic mass is 35.5. The fourth-order valence-corrected chi connectivity index (χ4v) is 2.70. The van der Waals surface area contributed by atoms with Crippen LogP contribution in [0.4, 0.5) is 4.39 Å². The minimum Gasteiger partial charge on any atom is -0.461 e. The Balaban J connectivity index is 1.52. The fourth-order valence-electron chi connectivity index (χ4n) is 2.48. The third-order valence-corrected chi connectivity index (χ3v) is 4.09. The number of oxazole rings is 1. The summed E-state index contributed by atoms with van der Waals surface area (Å²) in [7, 11) is 0. The van der Waals surface area contributed by atoms with Gasteiger partial charge in [-0.25, -0.2) is 9.18 Å². The van der Waals surface area contributed by atoms with E-state index in [1.54, 1.807) is 18.2 Å². The molecule has 0 atom stereocenters. The predicted octanol–water partition coefficient (Wildman–Crippen LogP) is 3.91. The van der Waals surface area contributed by atoms with Crippen molar-refractivity contribution in [1.82, 2.24) is 4.57 Å². The standard InChI is InChI=1S/C18H15ClFNO4/c19-14-10-13(20)8-7-12(14)11-24-17(22)6-3-9-21-15-4-1-2-5-16(15)25-18(21)23/h1-2,4-5,7-8,10H,3,6,9,11H2. The van der Waals surface area contributed by atoms with Crippen molar-refractivity contribution in [1.29, 1.82) is 0 Å². The summed E-state index contributed by atoms with van der Waals surface area (Å²) in [6.07, 6.45) is 0.574. The maximum Gasteiger partial charge on any atom is 0.419 e. The third kappa shape index (κ3) is 4.09. The zero-order valence-corrected chi connectivity index (χ0v) is 14.0. The number of halogens is 2. The first-order chi connectivity index (χ1) is 12.0. The van der Waals surface area contributed by atoms with Gasteiger partial charge in [0, 0.05) is 18.5 Å². The molecule has 130 valence electrons. The van der Waals surface area contributed by atoms with E-state index in [0.29, 0.717) is 29.6 Å². The SMILES string of the molecule is O=C(CCCn1c(=O)oc2ccccc21)OCc1ccc(F)cc1Cl. The smallest absolute Gasteiger partial charge is 0.419 e. The first-order valence-corrected chi connectivity index (χ1v) is 8.10. The molecule has 0 aliphatic heterocycles. The maximum atomic E-state index is 13.0.